The highest BCUT2D eigenvalue weighted by molar-refractivity contribution is 6.74. The summed E-state index contributed by atoms with van der Waals surface area (Å²) in [6, 6.07) is 0. The molecule has 0 aromatic heterocycles. The fourth-order valence-electron chi connectivity index (χ4n) is 0.711. The number of halogens is 1. The van der Waals surface area contributed by atoms with Gasteiger partial charge in [0.05, 0.1) is 6.10 Å². The van der Waals surface area contributed by atoms with Gasteiger partial charge in [0.15, 0.2) is 8.32 Å². The molecular weight excluding hydrogens is 188 g/mol. The van der Waals surface area contributed by atoms with Crippen LogP contribution in [0.25, 0.3) is 0 Å². The summed E-state index contributed by atoms with van der Waals surface area (Å²) in [6.45, 7) is 13.2. The lowest BCUT2D eigenvalue weighted by molar-refractivity contribution is 0.221. The molecule has 0 aromatic rings. The van der Waals surface area contributed by atoms with Crippen LogP contribution in [0.15, 0.2) is 0 Å². The molecule has 0 amide bonds. The van der Waals surface area contributed by atoms with Crippen LogP contribution in [0.1, 0.15) is 27.7 Å². The highest BCUT2D eigenvalue weighted by atomic mass is 35.5. The fraction of sp³-hybridized carbons (Fsp3) is 1.00. The molecule has 0 fully saturated rings. The van der Waals surface area contributed by atoms with E-state index >= 15 is 0 Å². The summed E-state index contributed by atoms with van der Waals surface area (Å²) in [6.07, 6.45) is 0.188. The fourth-order valence-corrected chi connectivity index (χ4v) is 2.32. The van der Waals surface area contributed by atoms with Crippen LogP contribution < -0.4 is 0 Å². The maximum Gasteiger partial charge on any atom is 0.192 e. The molecule has 3 heteroatoms. The Morgan fingerprint density at radius 1 is 1.33 bits per heavy atom. The second-order valence-electron chi connectivity index (χ2n) is 4.84. The van der Waals surface area contributed by atoms with E-state index in [2.05, 4.69) is 33.9 Å². The van der Waals surface area contributed by atoms with Crippen LogP contribution in [0.5, 0.6) is 0 Å². The van der Waals surface area contributed by atoms with Gasteiger partial charge < -0.3 is 4.43 Å². The van der Waals surface area contributed by atoms with Gasteiger partial charge >= 0.3 is 0 Å². The Labute approximate surface area is 82.6 Å². The van der Waals surface area contributed by atoms with E-state index in [0.29, 0.717) is 5.88 Å². The monoisotopic (exact) mass is 208 g/mol. The molecule has 0 aliphatic heterocycles. The van der Waals surface area contributed by atoms with Crippen LogP contribution >= 0.6 is 11.6 Å². The molecule has 0 aliphatic carbocycles. The molecule has 0 rings (SSSR count). The van der Waals surface area contributed by atoms with Crippen LogP contribution in [0, 0.1) is 0 Å². The molecule has 0 aromatic carbocycles. The summed E-state index contributed by atoms with van der Waals surface area (Å²) in [7, 11) is -1.57. The highest BCUT2D eigenvalue weighted by Gasteiger charge is 2.38. The Kier molecular flexibility index (Phi) is 4.28. The molecule has 0 spiro atoms. The topological polar surface area (TPSA) is 9.23 Å². The van der Waals surface area contributed by atoms with Gasteiger partial charge in [0.25, 0.3) is 0 Å². The van der Waals surface area contributed by atoms with Gasteiger partial charge in [-0.15, -0.1) is 11.6 Å². The van der Waals surface area contributed by atoms with Gasteiger partial charge in [-0.3, -0.25) is 0 Å². The van der Waals surface area contributed by atoms with E-state index < -0.39 is 8.32 Å². The maximum absolute atomic E-state index is 5.96. The molecule has 12 heavy (non-hydrogen) atoms. The number of hydrogen-bond acceptors (Lipinski definition) is 1. The second-order valence-corrected chi connectivity index (χ2v) is 9.91. The van der Waals surface area contributed by atoms with E-state index in [-0.39, 0.29) is 11.1 Å². The van der Waals surface area contributed by atoms with Crippen molar-refractivity contribution < 1.29 is 4.43 Å². The summed E-state index contributed by atoms with van der Waals surface area (Å²) < 4.78 is 5.96. The molecule has 0 aliphatic rings. The normalized spacial score (nSPS) is 16.2. The zero-order valence-electron chi connectivity index (χ0n) is 9.07. The third-order valence-corrected chi connectivity index (χ3v) is 7.56. The van der Waals surface area contributed by atoms with Crippen LogP contribution in [-0.2, 0) is 4.43 Å². The number of rotatable bonds is 3. The van der Waals surface area contributed by atoms with E-state index in [4.69, 9.17) is 16.0 Å². The summed E-state index contributed by atoms with van der Waals surface area (Å²) >= 11 is 5.71. The molecule has 1 nitrogen and oxygen atoms in total. The van der Waals surface area contributed by atoms with E-state index in [1.54, 1.807) is 0 Å². The van der Waals surface area contributed by atoms with Crippen LogP contribution in [0.2, 0.25) is 18.1 Å². The first-order chi connectivity index (χ1) is 5.20. The quantitative estimate of drug-likeness (QED) is 0.509. The van der Waals surface area contributed by atoms with Crippen molar-refractivity contribution in [2.24, 2.45) is 0 Å². The first-order valence-corrected chi connectivity index (χ1v) is 7.89. The summed E-state index contributed by atoms with van der Waals surface area (Å²) in [5.41, 5.74) is 0. The van der Waals surface area contributed by atoms with Crippen LogP contribution in [0.4, 0.5) is 0 Å². The molecule has 0 N–H and O–H groups in total. The molecule has 74 valence electrons. The van der Waals surface area contributed by atoms with Gasteiger partial charge in [-0.2, -0.15) is 0 Å². The average Bonchev–Trinajstić information content (AvgIpc) is 1.84. The third-order valence-electron chi connectivity index (χ3n) is 2.52. The maximum atomic E-state index is 5.96. The molecule has 0 saturated heterocycles. The minimum Gasteiger partial charge on any atom is -0.413 e. The standard InChI is InChI=1S/C9H21ClOSi/c1-8(7-10)11-12(5,6)9(2,3)4/h8H,7H2,1-6H3. The van der Waals surface area contributed by atoms with Crippen molar-refractivity contribution in [2.75, 3.05) is 5.88 Å². The predicted molar refractivity (Wildman–Crippen MR) is 58.5 cm³/mol. The third kappa shape index (κ3) is 3.46. The first-order valence-electron chi connectivity index (χ1n) is 4.44. The van der Waals surface area contributed by atoms with E-state index in [0.717, 1.165) is 0 Å². The zero-order chi connectivity index (χ0) is 9.99. The van der Waals surface area contributed by atoms with Crippen molar-refractivity contribution in [3.63, 3.8) is 0 Å². The Hall–Kier alpha value is 0.467. The molecule has 1 unspecified atom stereocenters. The molecular formula is C9H21ClOSi. The van der Waals surface area contributed by atoms with Crippen LogP contribution in [-0.4, -0.2) is 20.3 Å². The summed E-state index contributed by atoms with van der Waals surface area (Å²) in [4.78, 5) is 0. The largest absolute Gasteiger partial charge is 0.413 e. The van der Waals surface area contributed by atoms with Crippen molar-refractivity contribution in [1.82, 2.24) is 0 Å². The summed E-state index contributed by atoms with van der Waals surface area (Å²) in [5.74, 6) is 0.590. The predicted octanol–water partition coefficient (Wildman–Crippen LogP) is 3.64. The van der Waals surface area contributed by atoms with Gasteiger partial charge in [0.2, 0.25) is 0 Å². The van der Waals surface area contributed by atoms with Gasteiger partial charge in [-0.05, 0) is 25.1 Å². The van der Waals surface area contributed by atoms with Gasteiger partial charge in [0, 0.05) is 5.88 Å². The smallest absolute Gasteiger partial charge is 0.192 e. The lowest BCUT2D eigenvalue weighted by Gasteiger charge is -2.38. The van der Waals surface area contributed by atoms with Crippen molar-refractivity contribution in [1.29, 1.82) is 0 Å². The first kappa shape index (κ1) is 12.5. The van der Waals surface area contributed by atoms with Crippen molar-refractivity contribution >= 4 is 19.9 Å². The lowest BCUT2D eigenvalue weighted by atomic mass is 10.2. The molecule has 0 heterocycles. The van der Waals surface area contributed by atoms with E-state index in [1.807, 2.05) is 6.92 Å². The van der Waals surface area contributed by atoms with Gasteiger partial charge in [-0.1, -0.05) is 20.8 Å². The summed E-state index contributed by atoms with van der Waals surface area (Å²) in [5, 5.41) is 0.285. The molecule has 0 radical (unpaired) electrons. The Bertz CT molecular complexity index is 140. The Morgan fingerprint density at radius 3 is 2.00 bits per heavy atom. The second kappa shape index (κ2) is 4.12. The van der Waals surface area contributed by atoms with E-state index in [9.17, 15) is 0 Å². The van der Waals surface area contributed by atoms with Crippen LogP contribution in [0.3, 0.4) is 0 Å². The SMILES string of the molecule is CC(CCl)O[Si](C)(C)C(C)(C)C. The minimum atomic E-state index is -1.57. The average molecular weight is 209 g/mol. The van der Waals surface area contributed by atoms with Crippen molar-refractivity contribution in [3.8, 4) is 0 Å². The van der Waals surface area contributed by atoms with Gasteiger partial charge in [-0.25, -0.2) is 0 Å². The Morgan fingerprint density at radius 2 is 1.75 bits per heavy atom. The van der Waals surface area contributed by atoms with Gasteiger partial charge in [0.1, 0.15) is 0 Å². The molecule has 1 atom stereocenters. The zero-order valence-corrected chi connectivity index (χ0v) is 10.8. The highest BCUT2D eigenvalue weighted by Crippen LogP contribution is 2.37. The minimum absolute atomic E-state index is 0.188. The lowest BCUT2D eigenvalue weighted by Crippen LogP contribution is -2.43. The number of alkyl halides is 1. The molecule has 0 saturated carbocycles. The van der Waals surface area contributed by atoms with Crippen molar-refractivity contribution in [3.05, 3.63) is 0 Å². The molecule has 0 bridgehead atoms. The Balaban J connectivity index is 4.22. The van der Waals surface area contributed by atoms with Crippen molar-refractivity contribution in [2.45, 2.75) is 51.9 Å². The number of hydrogen-bond donors (Lipinski definition) is 0. The van der Waals surface area contributed by atoms with E-state index in [1.165, 1.54) is 0 Å².